The van der Waals surface area contributed by atoms with E-state index >= 15 is 0 Å². The van der Waals surface area contributed by atoms with Crippen LogP contribution in [-0.4, -0.2) is 81.3 Å². The Balaban J connectivity index is 0.000000902. The van der Waals surface area contributed by atoms with Crippen LogP contribution in [0.5, 0.6) is 11.5 Å². The molecule has 0 bridgehead atoms. The second-order valence-electron chi connectivity index (χ2n) is 8.84. The number of rotatable bonds is 11. The highest BCUT2D eigenvalue weighted by Crippen LogP contribution is 2.37. The molecule has 14 heteroatoms. The second kappa shape index (κ2) is 16.5. The molecule has 2 unspecified atom stereocenters. The summed E-state index contributed by atoms with van der Waals surface area (Å²) in [5, 5.41) is 3.07. The molecule has 1 aromatic heterocycles. The number of hydrogen-bond acceptors (Lipinski definition) is 11. The van der Waals surface area contributed by atoms with E-state index < -0.39 is 24.5 Å². The van der Waals surface area contributed by atoms with Gasteiger partial charge in [-0.05, 0) is 50.4 Å². The van der Waals surface area contributed by atoms with E-state index in [9.17, 15) is 18.4 Å². The van der Waals surface area contributed by atoms with E-state index in [1.165, 1.54) is 37.3 Å². The normalized spacial score (nSPS) is 17.5. The number of ether oxygens (including phenoxy) is 4. The van der Waals surface area contributed by atoms with Gasteiger partial charge in [0, 0.05) is 18.2 Å². The largest absolute Gasteiger partial charge is 0.489 e. The Kier molecular flexibility index (Phi) is 13.4. The summed E-state index contributed by atoms with van der Waals surface area (Å²) in [5.41, 5.74) is 6.18. The van der Waals surface area contributed by atoms with Gasteiger partial charge in [0.15, 0.2) is 23.0 Å². The molecule has 1 aliphatic heterocycles. The standard InChI is InChI=1S/C23H28F2N4O6.C2H4O2.C2H6/c1-27-14-8-15(22(31)32-2)29(10-14)21(30)19-18(9-26)34-20(28-19)13-5-6-16(35-23(24)25)17(7-13)33-11-12-3-4-12;1-4-2-3;1-2/h5-7,12,14-15,23,27H,3-4,8-11,26H2,1-2H3;2H,1H3;1-2H3. The van der Waals surface area contributed by atoms with Crippen LogP contribution >= 0.6 is 0 Å². The zero-order valence-electron chi connectivity index (χ0n) is 23.9. The lowest BCUT2D eigenvalue weighted by Crippen LogP contribution is -2.42. The number of likely N-dealkylation sites (tertiary alicyclic amines) is 1. The van der Waals surface area contributed by atoms with Crippen molar-refractivity contribution in [2.75, 3.05) is 34.4 Å². The van der Waals surface area contributed by atoms with Gasteiger partial charge in [0.25, 0.3) is 12.4 Å². The zero-order valence-corrected chi connectivity index (χ0v) is 23.9. The maximum atomic E-state index is 13.4. The summed E-state index contributed by atoms with van der Waals surface area (Å²) in [5.74, 6) is -0.447. The van der Waals surface area contributed by atoms with Crippen molar-refractivity contribution in [3.63, 3.8) is 0 Å². The molecule has 12 nitrogen and oxygen atoms in total. The number of aromatic nitrogens is 1. The molecule has 228 valence electrons. The molecule has 2 aliphatic rings. The third-order valence-electron chi connectivity index (χ3n) is 6.20. The lowest BCUT2D eigenvalue weighted by Gasteiger charge is -2.21. The molecule has 2 heterocycles. The number of carbonyl (C=O) groups is 3. The third-order valence-corrected chi connectivity index (χ3v) is 6.20. The third kappa shape index (κ3) is 9.11. The molecule has 3 N–H and O–H groups in total. The summed E-state index contributed by atoms with van der Waals surface area (Å²) in [6.07, 6.45) is 2.44. The number of oxazole rings is 1. The van der Waals surface area contributed by atoms with Crippen LogP contribution in [0.3, 0.4) is 0 Å². The summed E-state index contributed by atoms with van der Waals surface area (Å²) in [4.78, 5) is 40.3. The molecule has 2 aromatic rings. The van der Waals surface area contributed by atoms with Crippen LogP contribution < -0.4 is 20.5 Å². The number of carbonyl (C=O) groups excluding carboxylic acids is 3. The first-order valence-corrected chi connectivity index (χ1v) is 13.2. The fraction of sp³-hybridized carbons (Fsp3) is 0.556. The molecule has 1 amide bonds. The van der Waals surface area contributed by atoms with E-state index in [1.807, 2.05) is 13.8 Å². The first-order valence-electron chi connectivity index (χ1n) is 13.2. The Morgan fingerprint density at radius 2 is 1.93 bits per heavy atom. The molecule has 1 aliphatic carbocycles. The highest BCUT2D eigenvalue weighted by atomic mass is 19.3. The Labute approximate surface area is 237 Å². The van der Waals surface area contributed by atoms with E-state index in [0.717, 1.165) is 12.8 Å². The van der Waals surface area contributed by atoms with E-state index in [-0.39, 0.29) is 48.0 Å². The number of alkyl halides is 2. The fourth-order valence-corrected chi connectivity index (χ4v) is 3.99. The Morgan fingerprint density at radius 3 is 2.46 bits per heavy atom. The number of amides is 1. The maximum Gasteiger partial charge on any atom is 0.387 e. The lowest BCUT2D eigenvalue weighted by atomic mass is 10.1. The molecule has 2 fully saturated rings. The minimum Gasteiger partial charge on any atom is -0.489 e. The Bertz CT molecular complexity index is 1140. The van der Waals surface area contributed by atoms with Crippen LogP contribution in [0.25, 0.3) is 11.5 Å². The van der Waals surface area contributed by atoms with Crippen LogP contribution in [0.4, 0.5) is 8.78 Å². The van der Waals surface area contributed by atoms with Crippen LogP contribution in [0.1, 0.15) is 49.4 Å². The van der Waals surface area contributed by atoms with Gasteiger partial charge < -0.3 is 39.3 Å². The number of methoxy groups -OCH3 is 2. The van der Waals surface area contributed by atoms with Gasteiger partial charge in [-0.25, -0.2) is 9.78 Å². The predicted octanol–water partition coefficient (Wildman–Crippen LogP) is 2.98. The SMILES string of the molecule is CC.CNC1CC(C(=O)OC)N(C(=O)c2nc(-c3ccc(OC(F)F)c(OCC4CC4)c3)oc2CN)C1.COC=O. The number of halogens is 2. The molecular formula is C27H38F2N4O8. The first-order chi connectivity index (χ1) is 19.8. The quantitative estimate of drug-likeness (QED) is 0.296. The molecule has 41 heavy (non-hydrogen) atoms. The van der Waals surface area contributed by atoms with Crippen molar-refractivity contribution in [1.29, 1.82) is 0 Å². The topological polar surface area (TPSA) is 155 Å². The number of hydrogen-bond donors (Lipinski definition) is 2. The van der Waals surface area contributed by atoms with Crippen LogP contribution in [0.15, 0.2) is 22.6 Å². The van der Waals surface area contributed by atoms with Gasteiger partial charge >= 0.3 is 12.6 Å². The summed E-state index contributed by atoms with van der Waals surface area (Å²) < 4.78 is 50.4. The van der Waals surface area contributed by atoms with Crippen LogP contribution in [-0.2, 0) is 25.6 Å². The van der Waals surface area contributed by atoms with Gasteiger partial charge in [-0.15, -0.1) is 0 Å². The molecular weight excluding hydrogens is 546 g/mol. The van der Waals surface area contributed by atoms with Gasteiger partial charge in [-0.2, -0.15) is 8.78 Å². The van der Waals surface area contributed by atoms with Gasteiger partial charge in [-0.3, -0.25) is 9.59 Å². The van der Waals surface area contributed by atoms with Gasteiger partial charge in [0.2, 0.25) is 5.89 Å². The number of benzene rings is 1. The number of nitrogens with zero attached hydrogens (tertiary/aromatic N) is 2. The van der Waals surface area contributed by atoms with Crippen molar-refractivity contribution in [2.45, 2.75) is 58.3 Å². The molecule has 1 aromatic carbocycles. The van der Waals surface area contributed by atoms with Crippen LogP contribution in [0, 0.1) is 5.92 Å². The summed E-state index contributed by atoms with van der Waals surface area (Å²) in [6, 6.07) is 3.42. The van der Waals surface area contributed by atoms with Gasteiger partial charge in [0.1, 0.15) is 6.04 Å². The molecule has 1 saturated heterocycles. The highest BCUT2D eigenvalue weighted by Gasteiger charge is 2.41. The van der Waals surface area contributed by atoms with Crippen LogP contribution in [0.2, 0.25) is 0 Å². The average molecular weight is 585 g/mol. The van der Waals surface area contributed by atoms with Crippen molar-refractivity contribution < 1.29 is 46.5 Å². The molecule has 2 atom stereocenters. The molecule has 1 saturated carbocycles. The fourth-order valence-electron chi connectivity index (χ4n) is 3.99. The number of nitrogens with one attached hydrogen (secondary N) is 1. The monoisotopic (exact) mass is 584 g/mol. The molecule has 4 rings (SSSR count). The van der Waals surface area contributed by atoms with Crippen molar-refractivity contribution in [1.82, 2.24) is 15.2 Å². The minimum absolute atomic E-state index is 0.0264. The lowest BCUT2D eigenvalue weighted by molar-refractivity contribution is -0.145. The minimum atomic E-state index is -3.01. The summed E-state index contributed by atoms with van der Waals surface area (Å²) in [7, 11) is 4.32. The van der Waals surface area contributed by atoms with E-state index in [0.29, 0.717) is 31.0 Å². The van der Waals surface area contributed by atoms with E-state index in [2.05, 4.69) is 19.8 Å². The van der Waals surface area contributed by atoms with Crippen molar-refractivity contribution >= 4 is 18.3 Å². The van der Waals surface area contributed by atoms with E-state index in [4.69, 9.17) is 24.4 Å². The first kappa shape index (κ1) is 33.4. The average Bonchev–Trinajstić information content (AvgIpc) is 3.56. The summed E-state index contributed by atoms with van der Waals surface area (Å²) in [6.45, 7) is 1.91. The summed E-state index contributed by atoms with van der Waals surface area (Å²) >= 11 is 0. The van der Waals surface area contributed by atoms with Gasteiger partial charge in [0.05, 0.1) is 27.4 Å². The second-order valence-corrected chi connectivity index (χ2v) is 8.84. The molecule has 0 radical (unpaired) electrons. The predicted molar refractivity (Wildman–Crippen MR) is 143 cm³/mol. The number of nitrogens with two attached hydrogens (primary N) is 1. The zero-order chi connectivity index (χ0) is 30.5. The number of esters is 1. The van der Waals surface area contributed by atoms with Gasteiger partial charge in [-0.1, -0.05) is 13.8 Å². The maximum absolute atomic E-state index is 13.4. The Morgan fingerprint density at radius 1 is 1.24 bits per heavy atom. The molecule has 0 spiro atoms. The number of likely N-dealkylation sites (N-methyl/N-ethyl adjacent to an activating group) is 1. The Hall–Kier alpha value is -3.78. The van der Waals surface area contributed by atoms with E-state index in [1.54, 1.807) is 7.05 Å². The van der Waals surface area contributed by atoms with Crippen molar-refractivity contribution in [3.8, 4) is 23.0 Å². The highest BCUT2D eigenvalue weighted by molar-refractivity contribution is 5.97. The van der Waals surface area contributed by atoms with Crippen molar-refractivity contribution in [2.24, 2.45) is 11.7 Å². The smallest absolute Gasteiger partial charge is 0.387 e. The van der Waals surface area contributed by atoms with Crippen molar-refractivity contribution in [3.05, 3.63) is 29.7 Å².